The summed E-state index contributed by atoms with van der Waals surface area (Å²) in [6.07, 6.45) is -110. The van der Waals surface area contributed by atoms with E-state index in [2.05, 4.69) is 26.6 Å². The van der Waals surface area contributed by atoms with Crippen molar-refractivity contribution < 1.29 is 272 Å². The average Bonchev–Trinajstić information content (AvgIpc) is 0.760. The van der Waals surface area contributed by atoms with Crippen molar-refractivity contribution in [3.8, 4) is 0 Å². The van der Waals surface area contributed by atoms with Gasteiger partial charge in [-0.15, -0.1) is 0 Å². The lowest BCUT2D eigenvalue weighted by molar-refractivity contribution is -0.412. The highest BCUT2D eigenvalue weighted by atomic mass is 16.8. The molecule has 786 valence electrons. The topological polar surface area (TPSA) is 926 Å². The molecule has 11 aliphatic heterocycles. The third-order valence-electron chi connectivity index (χ3n) is 24.9. The van der Waals surface area contributed by atoms with E-state index in [9.17, 15) is 172 Å². The molecule has 136 heavy (non-hydrogen) atoms. The first-order valence-electron chi connectivity index (χ1n) is 43.5. The number of rotatable bonds is 35. The molecule has 55 atom stereocenters. The van der Waals surface area contributed by atoms with Crippen LogP contribution in [0.2, 0.25) is 0 Å². The Morgan fingerprint density at radius 2 is 0.463 bits per heavy atom. The summed E-state index contributed by atoms with van der Waals surface area (Å²) in [4.78, 5) is 65.4. The lowest BCUT2D eigenvalue weighted by Gasteiger charge is -2.53. The number of nitrogens with one attached hydrogen (secondary N) is 5. The van der Waals surface area contributed by atoms with Crippen molar-refractivity contribution in [2.75, 3.05) is 66.1 Å². The van der Waals surface area contributed by atoms with E-state index in [-0.39, 0.29) is 0 Å². The third kappa shape index (κ3) is 24.9. The maximum atomic E-state index is 13.6. The van der Waals surface area contributed by atoms with E-state index < -0.39 is 433 Å². The molecule has 0 saturated carbocycles. The van der Waals surface area contributed by atoms with Gasteiger partial charge in [0.25, 0.3) is 0 Å². The average molecular weight is 1990 g/mol. The second kappa shape index (κ2) is 48.8. The summed E-state index contributed by atoms with van der Waals surface area (Å²) in [6.45, 7) is -6.00. The van der Waals surface area contributed by atoms with E-state index in [0.29, 0.717) is 0 Å². The molecule has 60 nitrogen and oxygen atoms in total. The second-order valence-corrected chi connectivity index (χ2v) is 34.6. The van der Waals surface area contributed by atoms with E-state index >= 15 is 0 Å². The lowest BCUT2D eigenvalue weighted by Crippen LogP contribution is -2.72. The van der Waals surface area contributed by atoms with Gasteiger partial charge in [0, 0.05) is 34.6 Å². The van der Waals surface area contributed by atoms with E-state index in [1.807, 2.05) is 0 Å². The van der Waals surface area contributed by atoms with Gasteiger partial charge in [-0.05, 0) is 6.92 Å². The Balaban J connectivity index is 1.05. The van der Waals surface area contributed by atoms with Crippen LogP contribution in [0.5, 0.6) is 0 Å². The van der Waals surface area contributed by atoms with E-state index in [1.165, 1.54) is 6.92 Å². The lowest BCUT2D eigenvalue weighted by atomic mass is 9.93. The van der Waals surface area contributed by atoms with Gasteiger partial charge in [-0.3, -0.25) is 24.0 Å². The predicted octanol–water partition coefficient (Wildman–Crippen LogP) is -23.2. The smallest absolute Gasteiger partial charge is 0.217 e. The maximum Gasteiger partial charge on any atom is 0.217 e. The molecule has 11 rings (SSSR count). The number of amides is 5. The van der Waals surface area contributed by atoms with Gasteiger partial charge in [0.2, 0.25) is 29.5 Å². The van der Waals surface area contributed by atoms with Gasteiger partial charge in [0.05, 0.1) is 72.2 Å². The molecule has 0 spiro atoms. The fraction of sp³-hybridized carbons (Fsp3) is 0.934. The van der Waals surface area contributed by atoms with Crippen LogP contribution in [0.3, 0.4) is 0 Å². The maximum absolute atomic E-state index is 13.6. The van der Waals surface area contributed by atoms with Gasteiger partial charge in [0.15, 0.2) is 69.2 Å². The Kier molecular flexibility index (Phi) is 40.1. The van der Waals surface area contributed by atoms with Gasteiger partial charge >= 0.3 is 0 Å². The molecule has 0 unspecified atom stereocenters. The summed E-state index contributed by atoms with van der Waals surface area (Å²) >= 11 is 0. The Hall–Kier alpha value is -4.65. The van der Waals surface area contributed by atoms with Crippen LogP contribution in [-0.2, 0) is 123 Å². The van der Waals surface area contributed by atoms with Gasteiger partial charge in [-0.25, -0.2) is 0 Å². The molecule has 0 aromatic carbocycles. The summed E-state index contributed by atoms with van der Waals surface area (Å²) in [6, 6.07) is -10.00. The number of carbonyl (C=O) groups is 5. The molecule has 0 bridgehead atoms. The molecule has 11 aliphatic rings. The first kappa shape index (κ1) is 112. The highest BCUT2D eigenvalue weighted by Crippen LogP contribution is 2.42. The molecular weight excluding hydrogens is 1860 g/mol. The van der Waals surface area contributed by atoms with E-state index in [4.69, 9.17) is 99.5 Å². The van der Waals surface area contributed by atoms with Crippen molar-refractivity contribution in [1.82, 2.24) is 26.6 Å². The Labute approximate surface area is 770 Å². The van der Waals surface area contributed by atoms with Crippen molar-refractivity contribution >= 4 is 29.5 Å². The Bertz CT molecular complexity index is 3760. The Morgan fingerprint density at radius 3 is 0.890 bits per heavy atom. The van der Waals surface area contributed by atoms with Gasteiger partial charge < -0.3 is 274 Å². The van der Waals surface area contributed by atoms with Gasteiger partial charge in [-0.2, -0.15) is 0 Å². The highest BCUT2D eigenvalue weighted by molar-refractivity contribution is 5.75. The second-order valence-electron chi connectivity index (χ2n) is 34.6. The fourth-order valence-electron chi connectivity index (χ4n) is 17.6. The SMILES string of the molecule is CC(=O)N[C@@H]1[C@@H](O)[C@H](O[C@@H]2O[C@H](CO)[C@@H](O[C@@H]3O[C@H](CO[C@H]4O[C@H](CO[C@H]5O[C@H](CO)[C@@H](O)[C@H](O)[C@@H]5O)[C@@H](O)[C@H](O[C@H]5O[C@H](CO)[C@@H](O)[C@H](O)[C@@H]5O)[C@@H]4O)[C@@H](O[C@@H]4O[C@H](CO)[C@@H](O)[C@H](O)[C@H]4NC(C)=O)[C@H](O[C@H]4O[C@H](CO)[C@@H](O[C@@H]5O[C@H](CO)[C@@H](O)[C@H](O)[C@H]5NC(C)=O)[C@H](O)[C@@H]4O[C@@H]4O[C@H](CO)[C@@H](O)[C@H](O)[C@H]4NC(C)=O)[C@@H]3O)[C@H](O)[C@H]2NC(C)=O)[C@@H](CO[C@@H]2O[C@@H](C)[C@@H](O)[C@@H](O)[C@@H]2O)O[C@H]1O. The van der Waals surface area contributed by atoms with Crippen LogP contribution in [0.15, 0.2) is 0 Å². The first-order valence-corrected chi connectivity index (χ1v) is 43.5. The van der Waals surface area contributed by atoms with Crippen LogP contribution in [0, 0.1) is 0 Å². The molecule has 0 aromatic rings. The largest absolute Gasteiger partial charge is 0.394 e. The normalized spacial score (nSPS) is 49.2. The number of aliphatic hydroxyl groups excluding tert-OH is 29. The summed E-state index contributed by atoms with van der Waals surface area (Å²) in [5.41, 5.74) is 0. The van der Waals surface area contributed by atoms with Crippen molar-refractivity contribution in [2.45, 2.75) is 379 Å². The molecule has 0 aromatic heterocycles. The van der Waals surface area contributed by atoms with Crippen LogP contribution < -0.4 is 26.6 Å². The monoisotopic (exact) mass is 1990 g/mol. The zero-order valence-electron chi connectivity index (χ0n) is 73.4. The summed E-state index contributed by atoms with van der Waals surface area (Å²) < 4.78 is 128. The van der Waals surface area contributed by atoms with Crippen LogP contribution in [0.1, 0.15) is 41.5 Å². The zero-order chi connectivity index (χ0) is 100. The number of ether oxygens (including phenoxy) is 21. The number of hydrogen-bond acceptors (Lipinski definition) is 55. The Morgan fingerprint density at radius 1 is 0.206 bits per heavy atom. The molecule has 11 heterocycles. The van der Waals surface area contributed by atoms with Gasteiger partial charge in [0.1, 0.15) is 262 Å². The quantitative estimate of drug-likeness (QED) is 0.0280. The predicted molar refractivity (Wildman–Crippen MR) is 419 cm³/mol. The van der Waals surface area contributed by atoms with Crippen LogP contribution in [0.25, 0.3) is 0 Å². The summed E-state index contributed by atoms with van der Waals surface area (Å²) in [7, 11) is 0. The first-order chi connectivity index (χ1) is 64.3. The third-order valence-corrected chi connectivity index (χ3v) is 24.9. The number of carbonyl (C=O) groups excluding carboxylic acids is 5. The fourth-order valence-corrected chi connectivity index (χ4v) is 17.6. The summed E-state index contributed by atoms with van der Waals surface area (Å²) in [5.74, 6) is -4.94. The minimum atomic E-state index is -2.87. The van der Waals surface area contributed by atoms with Crippen molar-refractivity contribution in [1.29, 1.82) is 0 Å². The number of hydrogen-bond donors (Lipinski definition) is 34. The molecule has 60 heteroatoms. The van der Waals surface area contributed by atoms with Crippen molar-refractivity contribution in [2.24, 2.45) is 0 Å². The molecule has 11 saturated heterocycles. The molecular formula is C76H127N5O55. The number of aliphatic hydroxyl groups is 29. The van der Waals surface area contributed by atoms with E-state index in [1.54, 1.807) is 0 Å². The molecule has 5 amide bonds. The van der Waals surface area contributed by atoms with Gasteiger partial charge in [-0.1, -0.05) is 0 Å². The molecule has 0 radical (unpaired) electrons. The van der Waals surface area contributed by atoms with Crippen molar-refractivity contribution in [3.63, 3.8) is 0 Å². The summed E-state index contributed by atoms with van der Waals surface area (Å²) in [5, 5.41) is 341. The van der Waals surface area contributed by atoms with Crippen molar-refractivity contribution in [3.05, 3.63) is 0 Å². The minimum Gasteiger partial charge on any atom is -0.394 e. The van der Waals surface area contributed by atoms with E-state index in [0.717, 1.165) is 34.6 Å². The minimum absolute atomic E-state index is 0.878. The molecule has 0 aliphatic carbocycles. The van der Waals surface area contributed by atoms with Crippen LogP contribution in [-0.4, -0.2) is 581 Å². The van der Waals surface area contributed by atoms with Crippen LogP contribution >= 0.6 is 0 Å². The molecule has 34 N–H and O–H groups in total. The highest BCUT2D eigenvalue weighted by Gasteiger charge is 2.63. The zero-order valence-corrected chi connectivity index (χ0v) is 73.4. The molecule has 11 fully saturated rings. The standard InChI is InChI=1S/C76H127N5O55/c1-17-38(94)50(106)53(109)71(119-17)117-15-31-61(48(104)33(66(115)120-31)77-18(2)89)131-70-37(81-22(6)93)49(105)59(28(12-87)126-70)132-75-58(114)64(135-76-65(136-69-36(80-21(5)92)47(103)41(97)25(9-84)123-69)56(112)60(29(13-88)127-76)130-67-34(78-19(3)90)45(101)39(95)23(7-82)121-67)62(133-68-35(79-20(4)91)46(102)40(96)24(8-83)122-68)32(129-75)16-118-73-57(113)63(134-74-55(111)52(108)43(99)27(11-86)125-74)44(100)30(128-73)14-116-72-54(110)51(107)42(98)26(10-85)124-72/h17,23-76,82-88,94-115H,7-16H2,1-6H3,(H,77,89)(H,78,90)(H,79,91)(H,80,92)(H,81,93)/t17-,23+,24+,25+,26+,27+,28+,29+,30+,31+,32+,33+,34+,35+,36+,37+,38+,39+,40+,41+,42+,43+,44+,45+,46+,47+,48+,49+,50+,51-,52-,53-,54-,55-,56-,57-,58-,59+,60+,61+,62+,63-,64+,65-,66+,67-,68-,69-,70-,71+,72-,73-,74+,75-,76+/m0/s1. The van der Waals surface area contributed by atoms with Crippen LogP contribution in [0.4, 0.5) is 0 Å².